The molecule has 17 heavy (non-hydrogen) atoms. The molecule has 0 aliphatic carbocycles. The van der Waals surface area contributed by atoms with Gasteiger partial charge in [0.2, 0.25) is 10.0 Å². The quantitative estimate of drug-likeness (QED) is 0.828. The molecule has 1 aromatic heterocycles. The Labute approximate surface area is 106 Å². The SMILES string of the molecule is CN(Cc1csc(C#CCCO)c1)S(C)(=O)=O. The molecule has 0 spiro atoms. The fourth-order valence-corrected chi connectivity index (χ4v) is 2.26. The summed E-state index contributed by atoms with van der Waals surface area (Å²) in [4.78, 5) is 0.885. The van der Waals surface area contributed by atoms with E-state index in [-0.39, 0.29) is 6.61 Å². The van der Waals surface area contributed by atoms with Crippen LogP contribution in [0.1, 0.15) is 16.9 Å². The second kappa shape index (κ2) is 6.17. The van der Waals surface area contributed by atoms with Crippen LogP contribution in [0.15, 0.2) is 11.4 Å². The van der Waals surface area contributed by atoms with E-state index >= 15 is 0 Å². The van der Waals surface area contributed by atoms with Gasteiger partial charge in [-0.3, -0.25) is 0 Å². The van der Waals surface area contributed by atoms with E-state index in [0.717, 1.165) is 10.4 Å². The van der Waals surface area contributed by atoms with E-state index < -0.39 is 10.0 Å². The number of sulfonamides is 1. The third-order valence-electron chi connectivity index (χ3n) is 2.07. The number of thiophene rings is 1. The Kier molecular flexibility index (Phi) is 5.15. The highest BCUT2D eigenvalue weighted by Crippen LogP contribution is 2.15. The maximum absolute atomic E-state index is 11.2. The van der Waals surface area contributed by atoms with Crippen LogP contribution in [0.5, 0.6) is 0 Å². The van der Waals surface area contributed by atoms with Gasteiger partial charge >= 0.3 is 0 Å². The zero-order chi connectivity index (χ0) is 12.9. The fourth-order valence-electron chi connectivity index (χ4n) is 1.10. The summed E-state index contributed by atoms with van der Waals surface area (Å²) < 4.78 is 23.7. The lowest BCUT2D eigenvalue weighted by molar-refractivity contribution is 0.305. The summed E-state index contributed by atoms with van der Waals surface area (Å²) in [6.45, 7) is 0.416. The van der Waals surface area contributed by atoms with Gasteiger partial charge in [0.15, 0.2) is 0 Å². The van der Waals surface area contributed by atoms with Crippen molar-refractivity contribution in [3.05, 3.63) is 21.9 Å². The van der Waals surface area contributed by atoms with Crippen molar-refractivity contribution in [1.82, 2.24) is 4.31 Å². The van der Waals surface area contributed by atoms with E-state index in [1.165, 1.54) is 21.9 Å². The highest BCUT2D eigenvalue weighted by molar-refractivity contribution is 7.88. The van der Waals surface area contributed by atoms with E-state index in [1.54, 1.807) is 7.05 Å². The molecular formula is C11H15NO3S2. The molecule has 0 radical (unpaired) electrons. The van der Waals surface area contributed by atoms with Crippen molar-refractivity contribution in [3.8, 4) is 11.8 Å². The molecule has 0 atom stereocenters. The molecule has 0 saturated heterocycles. The summed E-state index contributed by atoms with van der Waals surface area (Å²) in [5.41, 5.74) is 0.927. The van der Waals surface area contributed by atoms with Gasteiger partial charge in [-0.15, -0.1) is 11.3 Å². The summed E-state index contributed by atoms with van der Waals surface area (Å²) in [5.74, 6) is 5.75. The largest absolute Gasteiger partial charge is 0.395 e. The molecular weight excluding hydrogens is 258 g/mol. The molecule has 1 heterocycles. The van der Waals surface area contributed by atoms with Crippen molar-refractivity contribution >= 4 is 21.4 Å². The number of aliphatic hydroxyl groups is 1. The van der Waals surface area contributed by atoms with Crippen molar-refractivity contribution < 1.29 is 13.5 Å². The average molecular weight is 273 g/mol. The van der Waals surface area contributed by atoms with Crippen LogP contribution >= 0.6 is 11.3 Å². The molecule has 1 aromatic rings. The van der Waals surface area contributed by atoms with Crippen LogP contribution in [0, 0.1) is 11.8 Å². The third-order valence-corrected chi connectivity index (χ3v) is 4.23. The molecule has 0 amide bonds. The van der Waals surface area contributed by atoms with Gasteiger partial charge in [-0.25, -0.2) is 12.7 Å². The predicted octanol–water partition coefficient (Wildman–Crippen LogP) is 0.873. The molecule has 4 nitrogen and oxygen atoms in total. The van der Waals surface area contributed by atoms with Gasteiger partial charge in [-0.05, 0) is 17.0 Å². The molecule has 1 rings (SSSR count). The van der Waals surface area contributed by atoms with Gasteiger partial charge < -0.3 is 5.11 Å². The molecule has 1 N–H and O–H groups in total. The van der Waals surface area contributed by atoms with Crippen LogP contribution in [0.2, 0.25) is 0 Å². The van der Waals surface area contributed by atoms with E-state index in [2.05, 4.69) is 11.8 Å². The monoisotopic (exact) mass is 273 g/mol. The van der Waals surface area contributed by atoms with E-state index in [9.17, 15) is 8.42 Å². The number of nitrogens with zero attached hydrogens (tertiary/aromatic N) is 1. The van der Waals surface area contributed by atoms with E-state index in [0.29, 0.717) is 13.0 Å². The lowest BCUT2D eigenvalue weighted by Gasteiger charge is -2.12. The topological polar surface area (TPSA) is 57.6 Å². The highest BCUT2D eigenvalue weighted by Gasteiger charge is 2.11. The zero-order valence-electron chi connectivity index (χ0n) is 9.80. The second-order valence-electron chi connectivity index (χ2n) is 3.61. The first-order valence-corrected chi connectivity index (χ1v) is 7.74. The zero-order valence-corrected chi connectivity index (χ0v) is 11.4. The van der Waals surface area contributed by atoms with Crippen LogP contribution in [0.4, 0.5) is 0 Å². The Morgan fingerprint density at radius 2 is 2.24 bits per heavy atom. The number of aliphatic hydroxyl groups excluding tert-OH is 1. The van der Waals surface area contributed by atoms with Gasteiger partial charge in [0, 0.05) is 20.0 Å². The van der Waals surface area contributed by atoms with Crippen LogP contribution in [0.3, 0.4) is 0 Å². The molecule has 0 aliphatic rings. The molecule has 0 fully saturated rings. The molecule has 0 saturated carbocycles. The summed E-state index contributed by atoms with van der Waals surface area (Å²) in [6.07, 6.45) is 1.64. The van der Waals surface area contributed by atoms with Crippen molar-refractivity contribution in [3.63, 3.8) is 0 Å². The van der Waals surface area contributed by atoms with E-state index in [4.69, 9.17) is 5.11 Å². The minimum atomic E-state index is -3.14. The molecule has 0 aliphatic heterocycles. The molecule has 94 valence electrons. The Morgan fingerprint density at radius 1 is 1.53 bits per heavy atom. The molecule has 6 heteroatoms. The maximum atomic E-state index is 11.2. The van der Waals surface area contributed by atoms with Crippen molar-refractivity contribution in [2.24, 2.45) is 0 Å². The first-order chi connectivity index (χ1) is 7.93. The Bertz CT molecular complexity index is 522. The summed E-state index contributed by atoms with van der Waals surface area (Å²) in [6, 6.07) is 1.87. The first kappa shape index (κ1) is 14.2. The Morgan fingerprint density at radius 3 is 2.82 bits per heavy atom. The average Bonchev–Trinajstić information content (AvgIpc) is 2.65. The number of rotatable bonds is 4. The minimum Gasteiger partial charge on any atom is -0.395 e. The van der Waals surface area contributed by atoms with Gasteiger partial charge in [0.1, 0.15) is 0 Å². The van der Waals surface area contributed by atoms with Crippen LogP contribution in [-0.4, -0.2) is 37.7 Å². The number of hydrogen-bond donors (Lipinski definition) is 1. The minimum absolute atomic E-state index is 0.0576. The smallest absolute Gasteiger partial charge is 0.211 e. The number of hydrogen-bond acceptors (Lipinski definition) is 4. The Hall–Kier alpha value is -0.870. The van der Waals surface area contributed by atoms with Crippen molar-refractivity contribution in [1.29, 1.82) is 0 Å². The van der Waals surface area contributed by atoms with Crippen molar-refractivity contribution in [2.45, 2.75) is 13.0 Å². The summed E-state index contributed by atoms with van der Waals surface area (Å²) >= 11 is 1.48. The van der Waals surface area contributed by atoms with E-state index in [1.807, 2.05) is 11.4 Å². The molecule has 0 aromatic carbocycles. The normalized spacial score (nSPS) is 11.3. The van der Waals surface area contributed by atoms with Crippen LogP contribution < -0.4 is 0 Å². The third kappa shape index (κ3) is 4.88. The van der Waals surface area contributed by atoms with Gasteiger partial charge in [0.05, 0.1) is 17.7 Å². The summed E-state index contributed by atoms with van der Waals surface area (Å²) in [7, 11) is -1.60. The maximum Gasteiger partial charge on any atom is 0.211 e. The summed E-state index contributed by atoms with van der Waals surface area (Å²) in [5, 5.41) is 10.5. The van der Waals surface area contributed by atoms with Crippen LogP contribution in [0.25, 0.3) is 0 Å². The van der Waals surface area contributed by atoms with Gasteiger partial charge in [0.25, 0.3) is 0 Å². The van der Waals surface area contributed by atoms with Gasteiger partial charge in [-0.2, -0.15) is 0 Å². The van der Waals surface area contributed by atoms with Crippen molar-refractivity contribution in [2.75, 3.05) is 19.9 Å². The van der Waals surface area contributed by atoms with Crippen LogP contribution in [-0.2, 0) is 16.6 Å². The standard InChI is InChI=1S/C11H15NO3S2/c1-12(17(2,14)15)8-10-7-11(16-9-10)5-3-4-6-13/h7,9,13H,4,6,8H2,1-2H3. The Balaban J connectivity index is 2.67. The highest BCUT2D eigenvalue weighted by atomic mass is 32.2. The molecule has 0 unspecified atom stereocenters. The van der Waals surface area contributed by atoms with Gasteiger partial charge in [-0.1, -0.05) is 11.8 Å². The second-order valence-corrected chi connectivity index (χ2v) is 6.61. The predicted molar refractivity (Wildman–Crippen MR) is 69.2 cm³/mol. The fraction of sp³-hybridized carbons (Fsp3) is 0.455. The lowest BCUT2D eigenvalue weighted by atomic mass is 10.3. The first-order valence-electron chi connectivity index (χ1n) is 5.02. The molecule has 0 bridgehead atoms. The lowest BCUT2D eigenvalue weighted by Crippen LogP contribution is -2.24.